The van der Waals surface area contributed by atoms with Crippen LogP contribution in [-0.4, -0.2) is 20.4 Å². The van der Waals surface area contributed by atoms with Crippen LogP contribution in [0.5, 0.6) is 0 Å². The van der Waals surface area contributed by atoms with Crippen LogP contribution in [0, 0.1) is 0 Å². The van der Waals surface area contributed by atoms with Crippen LogP contribution in [0.2, 0.25) is 0 Å². The average molecular weight is 228 g/mol. The van der Waals surface area contributed by atoms with E-state index in [0.717, 1.165) is 11.0 Å². The summed E-state index contributed by atoms with van der Waals surface area (Å²) in [5.74, 6) is -0.621. The number of para-hydroxylation sites is 2. The number of nitrogens with zero attached hydrogens (tertiary/aromatic N) is 3. The van der Waals surface area contributed by atoms with Crippen molar-refractivity contribution in [3.63, 3.8) is 0 Å². The first-order chi connectivity index (χ1) is 8.25. The number of oxazole rings is 1. The molecule has 0 fully saturated rings. The Balaban J connectivity index is 2.17. The van der Waals surface area contributed by atoms with Gasteiger partial charge in [0.25, 0.3) is 5.91 Å². The van der Waals surface area contributed by atoms with Gasteiger partial charge in [-0.15, -0.1) is 0 Å². The molecule has 2 heterocycles. The van der Waals surface area contributed by atoms with E-state index >= 15 is 0 Å². The summed E-state index contributed by atoms with van der Waals surface area (Å²) in [6.07, 6.45) is 2.81. The highest BCUT2D eigenvalue weighted by Crippen LogP contribution is 2.17. The SMILES string of the molecule is NC(=O)c1coc(-n2cnc3ccccc32)n1. The predicted molar refractivity (Wildman–Crippen MR) is 59.6 cm³/mol. The summed E-state index contributed by atoms with van der Waals surface area (Å²) in [5, 5.41) is 0. The average Bonchev–Trinajstić information content (AvgIpc) is 2.95. The fourth-order valence-corrected chi connectivity index (χ4v) is 1.60. The van der Waals surface area contributed by atoms with Crippen LogP contribution in [-0.2, 0) is 0 Å². The number of nitrogens with two attached hydrogens (primary N) is 1. The molecular formula is C11H8N4O2. The number of imidazole rings is 1. The number of aromatic nitrogens is 3. The Bertz CT molecular complexity index is 698. The summed E-state index contributed by atoms with van der Waals surface area (Å²) in [6.45, 7) is 0. The third kappa shape index (κ3) is 1.46. The Morgan fingerprint density at radius 2 is 2.18 bits per heavy atom. The molecule has 0 unspecified atom stereocenters. The lowest BCUT2D eigenvalue weighted by Gasteiger charge is -1.96. The molecule has 1 amide bonds. The van der Waals surface area contributed by atoms with Crippen molar-refractivity contribution in [2.24, 2.45) is 5.73 Å². The summed E-state index contributed by atoms with van der Waals surface area (Å²) >= 11 is 0. The number of fused-ring (bicyclic) bond motifs is 1. The van der Waals surface area contributed by atoms with E-state index in [-0.39, 0.29) is 11.7 Å². The Morgan fingerprint density at radius 3 is 2.94 bits per heavy atom. The molecule has 0 radical (unpaired) electrons. The van der Waals surface area contributed by atoms with Gasteiger partial charge < -0.3 is 10.2 Å². The first kappa shape index (κ1) is 9.59. The van der Waals surface area contributed by atoms with Gasteiger partial charge in [-0.3, -0.25) is 9.36 Å². The Kier molecular flexibility index (Phi) is 1.94. The summed E-state index contributed by atoms with van der Waals surface area (Å²) in [6, 6.07) is 7.82. The molecule has 3 aromatic rings. The molecule has 1 aromatic carbocycles. The number of hydrogen-bond acceptors (Lipinski definition) is 4. The topological polar surface area (TPSA) is 86.9 Å². The largest absolute Gasteiger partial charge is 0.431 e. The molecule has 2 aromatic heterocycles. The lowest BCUT2D eigenvalue weighted by molar-refractivity contribution is 0.0995. The number of carbonyl (C=O) groups excluding carboxylic acids is 1. The van der Waals surface area contributed by atoms with Crippen molar-refractivity contribution in [2.75, 3.05) is 0 Å². The second-order valence-corrected chi connectivity index (χ2v) is 3.48. The zero-order valence-corrected chi connectivity index (χ0v) is 8.70. The van der Waals surface area contributed by atoms with Crippen molar-refractivity contribution in [1.29, 1.82) is 0 Å². The minimum Gasteiger partial charge on any atom is -0.431 e. The van der Waals surface area contributed by atoms with E-state index in [0.29, 0.717) is 0 Å². The third-order valence-corrected chi connectivity index (χ3v) is 2.40. The van der Waals surface area contributed by atoms with Crippen LogP contribution in [0.1, 0.15) is 10.5 Å². The predicted octanol–water partition coefficient (Wildman–Crippen LogP) is 1.11. The van der Waals surface area contributed by atoms with Gasteiger partial charge in [-0.25, -0.2) is 4.98 Å². The molecule has 2 N–H and O–H groups in total. The second-order valence-electron chi connectivity index (χ2n) is 3.48. The normalized spacial score (nSPS) is 10.8. The smallest absolute Gasteiger partial charge is 0.308 e. The van der Waals surface area contributed by atoms with E-state index in [2.05, 4.69) is 9.97 Å². The van der Waals surface area contributed by atoms with Crippen LogP contribution in [0.3, 0.4) is 0 Å². The van der Waals surface area contributed by atoms with Crippen molar-refractivity contribution in [3.05, 3.63) is 42.5 Å². The maximum absolute atomic E-state index is 10.9. The molecule has 0 saturated heterocycles. The molecule has 0 aliphatic rings. The molecule has 3 rings (SSSR count). The monoisotopic (exact) mass is 228 g/mol. The van der Waals surface area contributed by atoms with Crippen molar-refractivity contribution in [1.82, 2.24) is 14.5 Å². The van der Waals surface area contributed by atoms with Gasteiger partial charge in [-0.1, -0.05) is 12.1 Å². The Morgan fingerprint density at radius 1 is 1.35 bits per heavy atom. The molecule has 84 valence electrons. The number of hydrogen-bond donors (Lipinski definition) is 1. The molecular weight excluding hydrogens is 220 g/mol. The van der Waals surface area contributed by atoms with E-state index in [1.54, 1.807) is 10.9 Å². The number of benzene rings is 1. The fraction of sp³-hybridized carbons (Fsp3) is 0. The number of primary amides is 1. The minimum atomic E-state index is -0.621. The van der Waals surface area contributed by atoms with E-state index in [1.165, 1.54) is 6.26 Å². The van der Waals surface area contributed by atoms with E-state index in [4.69, 9.17) is 10.2 Å². The molecule has 0 aliphatic heterocycles. The lowest BCUT2D eigenvalue weighted by atomic mass is 10.3. The maximum Gasteiger partial charge on any atom is 0.308 e. The van der Waals surface area contributed by atoms with Crippen molar-refractivity contribution < 1.29 is 9.21 Å². The first-order valence-corrected chi connectivity index (χ1v) is 4.93. The van der Waals surface area contributed by atoms with E-state index in [1.807, 2.05) is 24.3 Å². The molecule has 6 heteroatoms. The standard InChI is InChI=1S/C11H8N4O2/c12-10(16)8-5-17-11(14-8)15-6-13-7-3-1-2-4-9(7)15/h1-6H,(H2,12,16). The first-order valence-electron chi connectivity index (χ1n) is 4.93. The van der Waals surface area contributed by atoms with E-state index in [9.17, 15) is 4.79 Å². The molecule has 0 saturated carbocycles. The molecule has 17 heavy (non-hydrogen) atoms. The van der Waals surface area contributed by atoms with Crippen LogP contribution in [0.15, 0.2) is 41.3 Å². The van der Waals surface area contributed by atoms with E-state index < -0.39 is 5.91 Å². The lowest BCUT2D eigenvalue weighted by Crippen LogP contribution is -2.11. The summed E-state index contributed by atoms with van der Waals surface area (Å²) < 4.78 is 6.84. The Labute approximate surface area is 95.7 Å². The second kappa shape index (κ2) is 3.44. The van der Waals surface area contributed by atoms with Gasteiger partial charge in [-0.05, 0) is 12.1 Å². The van der Waals surface area contributed by atoms with Gasteiger partial charge in [-0.2, -0.15) is 4.98 Å². The highest BCUT2D eigenvalue weighted by molar-refractivity contribution is 5.90. The number of amides is 1. The zero-order valence-electron chi connectivity index (χ0n) is 8.70. The van der Waals surface area contributed by atoms with Gasteiger partial charge in [0.15, 0.2) is 5.69 Å². The van der Waals surface area contributed by atoms with Gasteiger partial charge in [0.05, 0.1) is 11.0 Å². The quantitative estimate of drug-likeness (QED) is 0.711. The maximum atomic E-state index is 10.9. The summed E-state index contributed by atoms with van der Waals surface area (Å²) in [5.41, 5.74) is 6.88. The molecule has 0 atom stereocenters. The summed E-state index contributed by atoms with van der Waals surface area (Å²) in [4.78, 5) is 19.1. The third-order valence-electron chi connectivity index (χ3n) is 2.40. The van der Waals surface area contributed by atoms with Gasteiger partial charge in [0.1, 0.15) is 12.6 Å². The van der Waals surface area contributed by atoms with Crippen LogP contribution < -0.4 is 5.73 Å². The van der Waals surface area contributed by atoms with Crippen LogP contribution >= 0.6 is 0 Å². The van der Waals surface area contributed by atoms with Gasteiger partial charge >= 0.3 is 6.01 Å². The van der Waals surface area contributed by atoms with Crippen molar-refractivity contribution in [3.8, 4) is 6.01 Å². The van der Waals surface area contributed by atoms with Crippen LogP contribution in [0.25, 0.3) is 17.0 Å². The van der Waals surface area contributed by atoms with Crippen LogP contribution in [0.4, 0.5) is 0 Å². The number of carbonyl (C=O) groups is 1. The van der Waals surface area contributed by atoms with Crippen molar-refractivity contribution >= 4 is 16.9 Å². The highest BCUT2D eigenvalue weighted by atomic mass is 16.4. The molecule has 0 bridgehead atoms. The van der Waals surface area contributed by atoms with Gasteiger partial charge in [0, 0.05) is 0 Å². The molecule has 6 nitrogen and oxygen atoms in total. The van der Waals surface area contributed by atoms with Crippen molar-refractivity contribution in [2.45, 2.75) is 0 Å². The molecule has 0 aliphatic carbocycles. The fourth-order valence-electron chi connectivity index (χ4n) is 1.60. The highest BCUT2D eigenvalue weighted by Gasteiger charge is 2.12. The molecule has 0 spiro atoms. The minimum absolute atomic E-state index is 0.0952. The van der Waals surface area contributed by atoms with Gasteiger partial charge in [0.2, 0.25) is 0 Å². The summed E-state index contributed by atoms with van der Waals surface area (Å²) in [7, 11) is 0. The zero-order chi connectivity index (χ0) is 11.8. The number of rotatable bonds is 2. The Hall–Kier alpha value is -2.63.